The number of aromatic carboxylic acids is 1. The van der Waals surface area contributed by atoms with Crippen LogP contribution in [-0.4, -0.2) is 27.1 Å². The molecule has 0 radical (unpaired) electrons. The molecule has 70 valence electrons. The first-order valence-corrected chi connectivity index (χ1v) is 3.82. The number of carbonyl (C=O) groups is 1. The van der Waals surface area contributed by atoms with Gasteiger partial charge in [0, 0.05) is 12.3 Å². The van der Waals surface area contributed by atoms with E-state index in [4.69, 9.17) is 9.84 Å². The summed E-state index contributed by atoms with van der Waals surface area (Å²) in [6, 6.07) is 1.52. The predicted molar refractivity (Wildman–Crippen MR) is 44.8 cm³/mol. The molecule has 0 saturated heterocycles. The molecule has 1 N–H and O–H groups in total. The van der Waals surface area contributed by atoms with Crippen molar-refractivity contribution in [3.63, 3.8) is 0 Å². The lowest BCUT2D eigenvalue weighted by Crippen LogP contribution is -2.10. The molecule has 5 heteroatoms. The second-order valence-corrected chi connectivity index (χ2v) is 2.69. The Balaban J connectivity index is 2.85. The van der Waals surface area contributed by atoms with Crippen molar-refractivity contribution in [3.05, 3.63) is 18.1 Å². The number of carboxylic acids is 1. The molecule has 0 spiro atoms. The van der Waals surface area contributed by atoms with Crippen LogP contribution >= 0.6 is 0 Å². The van der Waals surface area contributed by atoms with Gasteiger partial charge in [0.25, 0.3) is 0 Å². The molecule has 13 heavy (non-hydrogen) atoms. The Morgan fingerprint density at radius 1 is 1.62 bits per heavy atom. The highest BCUT2D eigenvalue weighted by Crippen LogP contribution is 2.07. The van der Waals surface area contributed by atoms with Crippen LogP contribution in [0.3, 0.4) is 0 Å². The standard InChI is InChI=1S/C8H10N2O3/c1-5(2)13-6-3-4-9-7(10-6)8(11)12/h3-5H,1-2H3,(H,11,12). The first-order valence-electron chi connectivity index (χ1n) is 3.82. The molecule has 0 aromatic carbocycles. The Kier molecular flexibility index (Phi) is 2.79. The lowest BCUT2D eigenvalue weighted by atomic mass is 10.5. The Morgan fingerprint density at radius 3 is 2.85 bits per heavy atom. The average molecular weight is 182 g/mol. The smallest absolute Gasteiger partial charge is 0.374 e. The van der Waals surface area contributed by atoms with Gasteiger partial charge in [-0.3, -0.25) is 0 Å². The van der Waals surface area contributed by atoms with Gasteiger partial charge in [-0.05, 0) is 13.8 Å². The molecule has 0 aliphatic heterocycles. The number of ether oxygens (including phenoxy) is 1. The zero-order valence-corrected chi connectivity index (χ0v) is 7.39. The summed E-state index contributed by atoms with van der Waals surface area (Å²) in [5.41, 5.74) is 0. The third-order valence-corrected chi connectivity index (χ3v) is 1.18. The van der Waals surface area contributed by atoms with Gasteiger partial charge >= 0.3 is 5.97 Å². The van der Waals surface area contributed by atoms with Crippen LogP contribution in [0.2, 0.25) is 0 Å². The van der Waals surface area contributed by atoms with Crippen molar-refractivity contribution in [2.24, 2.45) is 0 Å². The van der Waals surface area contributed by atoms with Crippen LogP contribution in [0.1, 0.15) is 24.5 Å². The van der Waals surface area contributed by atoms with Gasteiger partial charge in [0.05, 0.1) is 6.10 Å². The van der Waals surface area contributed by atoms with Gasteiger partial charge in [-0.1, -0.05) is 0 Å². The number of hydrogen-bond donors (Lipinski definition) is 1. The van der Waals surface area contributed by atoms with Gasteiger partial charge < -0.3 is 9.84 Å². The van der Waals surface area contributed by atoms with E-state index in [-0.39, 0.29) is 17.8 Å². The van der Waals surface area contributed by atoms with E-state index in [2.05, 4.69) is 9.97 Å². The molecular weight excluding hydrogens is 172 g/mol. The highest BCUT2D eigenvalue weighted by atomic mass is 16.5. The SMILES string of the molecule is CC(C)Oc1ccnc(C(=O)O)n1. The first-order chi connectivity index (χ1) is 6.09. The highest BCUT2D eigenvalue weighted by molar-refractivity contribution is 5.83. The van der Waals surface area contributed by atoms with Gasteiger partial charge in [0.15, 0.2) is 0 Å². The molecule has 0 aliphatic rings. The van der Waals surface area contributed by atoms with E-state index in [1.54, 1.807) is 0 Å². The Hall–Kier alpha value is -1.65. The minimum absolute atomic E-state index is 0.0310. The maximum atomic E-state index is 10.5. The average Bonchev–Trinajstić information content (AvgIpc) is 2.03. The number of rotatable bonds is 3. The van der Waals surface area contributed by atoms with Crippen LogP contribution in [0.15, 0.2) is 12.3 Å². The maximum Gasteiger partial charge on any atom is 0.374 e. The number of hydrogen-bond acceptors (Lipinski definition) is 4. The second-order valence-electron chi connectivity index (χ2n) is 2.69. The summed E-state index contributed by atoms with van der Waals surface area (Å²) in [5, 5.41) is 8.56. The van der Waals surface area contributed by atoms with E-state index in [0.717, 1.165) is 0 Å². The van der Waals surface area contributed by atoms with Gasteiger partial charge in [-0.2, -0.15) is 4.98 Å². The van der Waals surface area contributed by atoms with Crippen molar-refractivity contribution < 1.29 is 14.6 Å². The van der Waals surface area contributed by atoms with Crippen LogP contribution < -0.4 is 4.74 Å². The third-order valence-electron chi connectivity index (χ3n) is 1.18. The van der Waals surface area contributed by atoms with Gasteiger partial charge in [0.1, 0.15) is 0 Å². The Morgan fingerprint density at radius 2 is 2.31 bits per heavy atom. The molecule has 0 saturated carbocycles. The van der Waals surface area contributed by atoms with Crippen molar-refractivity contribution in [1.82, 2.24) is 9.97 Å². The summed E-state index contributed by atoms with van der Waals surface area (Å²) in [6.07, 6.45) is 1.32. The minimum Gasteiger partial charge on any atom is -0.475 e. The summed E-state index contributed by atoms with van der Waals surface area (Å²) in [5.74, 6) is -1.13. The number of aromatic nitrogens is 2. The van der Waals surface area contributed by atoms with Crippen molar-refractivity contribution in [2.45, 2.75) is 20.0 Å². The monoisotopic (exact) mass is 182 g/mol. The summed E-state index contributed by atoms with van der Waals surface area (Å²) < 4.78 is 5.19. The summed E-state index contributed by atoms with van der Waals surface area (Å²) in [4.78, 5) is 17.7. The Labute approximate surface area is 75.4 Å². The van der Waals surface area contributed by atoms with Crippen LogP contribution in [0.25, 0.3) is 0 Å². The fourth-order valence-corrected chi connectivity index (χ4v) is 0.752. The molecule has 1 heterocycles. The fourth-order valence-electron chi connectivity index (χ4n) is 0.752. The minimum atomic E-state index is -1.16. The topological polar surface area (TPSA) is 72.3 Å². The van der Waals surface area contributed by atoms with Crippen molar-refractivity contribution >= 4 is 5.97 Å². The largest absolute Gasteiger partial charge is 0.475 e. The van der Waals surface area contributed by atoms with E-state index in [9.17, 15) is 4.79 Å². The fraction of sp³-hybridized carbons (Fsp3) is 0.375. The molecule has 0 atom stereocenters. The first kappa shape index (κ1) is 9.44. The van der Waals surface area contributed by atoms with Crippen LogP contribution in [0.5, 0.6) is 5.88 Å². The highest BCUT2D eigenvalue weighted by Gasteiger charge is 2.07. The molecule has 0 bridgehead atoms. The molecule has 0 aliphatic carbocycles. The molecule has 0 amide bonds. The lowest BCUT2D eigenvalue weighted by Gasteiger charge is -2.07. The molecule has 0 fully saturated rings. The van der Waals surface area contributed by atoms with Crippen LogP contribution in [0.4, 0.5) is 0 Å². The molecule has 0 unspecified atom stereocenters. The second kappa shape index (κ2) is 3.84. The third kappa shape index (κ3) is 2.70. The van der Waals surface area contributed by atoms with E-state index < -0.39 is 5.97 Å². The van der Waals surface area contributed by atoms with E-state index in [0.29, 0.717) is 0 Å². The molecule has 1 aromatic heterocycles. The predicted octanol–water partition coefficient (Wildman–Crippen LogP) is 0.962. The Bertz CT molecular complexity index is 312. The van der Waals surface area contributed by atoms with Gasteiger partial charge in [-0.15, -0.1) is 0 Å². The summed E-state index contributed by atoms with van der Waals surface area (Å²) in [7, 11) is 0. The zero-order chi connectivity index (χ0) is 9.84. The van der Waals surface area contributed by atoms with Crippen LogP contribution in [-0.2, 0) is 0 Å². The van der Waals surface area contributed by atoms with Crippen molar-refractivity contribution in [1.29, 1.82) is 0 Å². The van der Waals surface area contributed by atoms with Crippen LogP contribution in [0, 0.1) is 0 Å². The summed E-state index contributed by atoms with van der Waals surface area (Å²) in [6.45, 7) is 3.67. The molecule has 1 aromatic rings. The van der Waals surface area contributed by atoms with E-state index in [1.165, 1.54) is 12.3 Å². The normalized spacial score (nSPS) is 10.1. The van der Waals surface area contributed by atoms with Crippen molar-refractivity contribution in [2.75, 3.05) is 0 Å². The van der Waals surface area contributed by atoms with Crippen molar-refractivity contribution in [3.8, 4) is 5.88 Å². The molecule has 5 nitrogen and oxygen atoms in total. The number of nitrogens with zero attached hydrogens (tertiary/aromatic N) is 2. The summed E-state index contributed by atoms with van der Waals surface area (Å²) >= 11 is 0. The molecule has 1 rings (SSSR count). The van der Waals surface area contributed by atoms with Gasteiger partial charge in [0.2, 0.25) is 11.7 Å². The lowest BCUT2D eigenvalue weighted by molar-refractivity contribution is 0.0681. The van der Waals surface area contributed by atoms with Gasteiger partial charge in [-0.25, -0.2) is 9.78 Å². The number of carboxylic acid groups (broad SMARTS) is 1. The molecular formula is C8H10N2O3. The maximum absolute atomic E-state index is 10.5. The van der Waals surface area contributed by atoms with E-state index in [1.807, 2.05) is 13.8 Å². The quantitative estimate of drug-likeness (QED) is 0.753. The van der Waals surface area contributed by atoms with E-state index >= 15 is 0 Å². The zero-order valence-electron chi connectivity index (χ0n) is 7.39.